The Morgan fingerprint density at radius 3 is 2.65 bits per heavy atom. The molecule has 1 aromatic carbocycles. The van der Waals surface area contributed by atoms with Crippen LogP contribution in [0.25, 0.3) is 11.3 Å². The Hall–Kier alpha value is -2.32. The van der Waals surface area contributed by atoms with Crippen LogP contribution in [-0.4, -0.2) is 42.4 Å². The zero-order valence-corrected chi connectivity index (χ0v) is 14.1. The molecule has 0 saturated carbocycles. The molecule has 3 rings (SSSR count). The van der Waals surface area contributed by atoms with Crippen LogP contribution in [0.4, 0.5) is 5.69 Å². The minimum atomic E-state index is 0.503. The van der Waals surface area contributed by atoms with Gasteiger partial charge in [0.2, 0.25) is 0 Å². The van der Waals surface area contributed by atoms with Gasteiger partial charge in [0.25, 0.3) is 0 Å². The van der Waals surface area contributed by atoms with E-state index in [1.54, 1.807) is 0 Å². The zero-order chi connectivity index (χ0) is 16.4. The summed E-state index contributed by atoms with van der Waals surface area (Å²) in [6.45, 7) is 2.65. The summed E-state index contributed by atoms with van der Waals surface area (Å²) in [5.41, 5.74) is 6.01. The number of likely N-dealkylation sites (N-methyl/N-ethyl adjacent to an activating group) is 1. The van der Waals surface area contributed by atoms with Crippen LogP contribution >= 0.6 is 0 Å². The molecule has 1 aliphatic rings. The molecule has 2 heterocycles. The zero-order valence-electron chi connectivity index (χ0n) is 14.1. The fraction of sp³-hybridized carbons (Fsp3) is 0.444. The van der Waals surface area contributed by atoms with Gasteiger partial charge >= 0.3 is 0 Å². The molecule has 1 aliphatic heterocycles. The minimum Gasteiger partial charge on any atom is -0.378 e. The lowest BCUT2D eigenvalue weighted by Gasteiger charge is -2.23. The van der Waals surface area contributed by atoms with Crippen LogP contribution in [0.1, 0.15) is 17.7 Å². The second-order valence-electron chi connectivity index (χ2n) is 6.33. The number of hydrogen-bond acceptors (Lipinski definition) is 4. The van der Waals surface area contributed by atoms with E-state index >= 15 is 0 Å². The monoisotopic (exact) mass is 309 g/mol. The highest BCUT2D eigenvalue weighted by atomic mass is 15.3. The van der Waals surface area contributed by atoms with Gasteiger partial charge in [-0.2, -0.15) is 10.4 Å². The second-order valence-corrected chi connectivity index (χ2v) is 6.33. The Balaban J connectivity index is 2.01. The van der Waals surface area contributed by atoms with E-state index in [9.17, 15) is 0 Å². The van der Waals surface area contributed by atoms with Crippen molar-refractivity contribution in [2.75, 3.05) is 32.6 Å². The number of benzene rings is 1. The molecule has 0 bridgehead atoms. The third-order valence-corrected chi connectivity index (χ3v) is 4.42. The summed E-state index contributed by atoms with van der Waals surface area (Å²) in [5.74, 6) is 0. The molecular weight excluding hydrogens is 286 g/mol. The van der Waals surface area contributed by atoms with E-state index in [0.29, 0.717) is 13.0 Å². The van der Waals surface area contributed by atoms with Crippen molar-refractivity contribution >= 4 is 5.69 Å². The molecule has 0 aliphatic carbocycles. The number of rotatable bonds is 4. The first-order valence-corrected chi connectivity index (χ1v) is 8.02. The number of nitrogens with zero attached hydrogens (tertiary/aromatic N) is 5. The van der Waals surface area contributed by atoms with E-state index in [4.69, 9.17) is 10.4 Å². The summed E-state index contributed by atoms with van der Waals surface area (Å²) < 4.78 is 2.04. The predicted molar refractivity (Wildman–Crippen MR) is 92.3 cm³/mol. The average Bonchev–Trinajstić information content (AvgIpc) is 2.90. The molecule has 0 N–H and O–H groups in total. The summed E-state index contributed by atoms with van der Waals surface area (Å²) in [6, 6.07) is 10.8. The Labute approximate surface area is 137 Å². The van der Waals surface area contributed by atoms with E-state index in [0.717, 1.165) is 30.8 Å². The SMILES string of the molecule is CN1CCc2c(c(-c3ccc(N(C)C)cc3)nn2CCC#N)C1. The van der Waals surface area contributed by atoms with Crippen LogP contribution < -0.4 is 4.90 Å². The fourth-order valence-corrected chi connectivity index (χ4v) is 3.12. The van der Waals surface area contributed by atoms with Crippen molar-refractivity contribution in [2.45, 2.75) is 25.9 Å². The van der Waals surface area contributed by atoms with Crippen LogP contribution in [0, 0.1) is 11.3 Å². The van der Waals surface area contributed by atoms with E-state index in [1.165, 1.54) is 16.9 Å². The van der Waals surface area contributed by atoms with Gasteiger partial charge in [-0.05, 0) is 19.2 Å². The third kappa shape index (κ3) is 3.08. The first-order valence-electron chi connectivity index (χ1n) is 8.02. The van der Waals surface area contributed by atoms with Gasteiger partial charge in [-0.1, -0.05) is 12.1 Å². The van der Waals surface area contributed by atoms with E-state index in [2.05, 4.69) is 47.2 Å². The van der Waals surface area contributed by atoms with E-state index in [-0.39, 0.29) is 0 Å². The molecule has 0 spiro atoms. The molecule has 0 amide bonds. The van der Waals surface area contributed by atoms with Crippen molar-refractivity contribution in [2.24, 2.45) is 0 Å². The quantitative estimate of drug-likeness (QED) is 0.871. The number of aryl methyl sites for hydroxylation is 1. The second kappa shape index (κ2) is 6.43. The maximum atomic E-state index is 8.88. The topological polar surface area (TPSA) is 48.1 Å². The molecule has 0 atom stereocenters. The lowest BCUT2D eigenvalue weighted by molar-refractivity contribution is 0.308. The average molecular weight is 309 g/mol. The highest BCUT2D eigenvalue weighted by Gasteiger charge is 2.23. The lowest BCUT2D eigenvalue weighted by atomic mass is 10.0. The van der Waals surface area contributed by atoms with Gasteiger partial charge in [-0.15, -0.1) is 0 Å². The Kier molecular flexibility index (Phi) is 4.35. The van der Waals surface area contributed by atoms with Crippen molar-refractivity contribution in [3.05, 3.63) is 35.5 Å². The minimum absolute atomic E-state index is 0.503. The van der Waals surface area contributed by atoms with Gasteiger partial charge in [0.1, 0.15) is 0 Å². The first kappa shape index (κ1) is 15.6. The van der Waals surface area contributed by atoms with Gasteiger partial charge in [0.15, 0.2) is 0 Å². The van der Waals surface area contributed by atoms with Gasteiger partial charge < -0.3 is 9.80 Å². The lowest BCUT2D eigenvalue weighted by Crippen LogP contribution is -2.27. The molecule has 0 radical (unpaired) electrons. The molecule has 1 aromatic heterocycles. The molecule has 0 saturated heterocycles. The number of anilines is 1. The van der Waals surface area contributed by atoms with Crippen LogP contribution in [0.2, 0.25) is 0 Å². The van der Waals surface area contributed by atoms with E-state index < -0.39 is 0 Å². The van der Waals surface area contributed by atoms with Crippen molar-refractivity contribution in [1.82, 2.24) is 14.7 Å². The van der Waals surface area contributed by atoms with Gasteiger partial charge in [0.05, 0.1) is 24.7 Å². The molecule has 2 aromatic rings. The highest BCUT2D eigenvalue weighted by Crippen LogP contribution is 2.30. The van der Waals surface area contributed by atoms with Gasteiger partial charge in [-0.25, -0.2) is 0 Å². The molecule has 0 fully saturated rings. The maximum absolute atomic E-state index is 8.88. The maximum Gasteiger partial charge on any atom is 0.0971 e. The molecule has 23 heavy (non-hydrogen) atoms. The Bertz CT molecular complexity index is 721. The predicted octanol–water partition coefficient (Wildman–Crippen LogP) is 2.52. The summed E-state index contributed by atoms with van der Waals surface area (Å²) >= 11 is 0. The van der Waals surface area contributed by atoms with Gasteiger partial charge in [0, 0.05) is 56.1 Å². The fourth-order valence-electron chi connectivity index (χ4n) is 3.12. The van der Waals surface area contributed by atoms with Crippen molar-refractivity contribution in [1.29, 1.82) is 5.26 Å². The van der Waals surface area contributed by atoms with Crippen LogP contribution in [-0.2, 0) is 19.5 Å². The smallest absolute Gasteiger partial charge is 0.0971 e. The normalized spacial score (nSPS) is 14.3. The Morgan fingerprint density at radius 2 is 2.00 bits per heavy atom. The molecule has 120 valence electrons. The largest absolute Gasteiger partial charge is 0.378 e. The van der Waals surface area contributed by atoms with E-state index in [1.807, 2.05) is 18.8 Å². The summed E-state index contributed by atoms with van der Waals surface area (Å²) in [5, 5.41) is 13.7. The molecule has 5 heteroatoms. The molecule has 5 nitrogen and oxygen atoms in total. The summed E-state index contributed by atoms with van der Waals surface area (Å²) in [6.07, 6.45) is 1.50. The number of nitriles is 1. The van der Waals surface area contributed by atoms with Crippen molar-refractivity contribution < 1.29 is 0 Å². The number of fused-ring (bicyclic) bond motifs is 1. The van der Waals surface area contributed by atoms with Crippen LogP contribution in [0.5, 0.6) is 0 Å². The van der Waals surface area contributed by atoms with Crippen molar-refractivity contribution in [3.63, 3.8) is 0 Å². The van der Waals surface area contributed by atoms with Crippen molar-refractivity contribution in [3.8, 4) is 17.3 Å². The summed E-state index contributed by atoms with van der Waals surface area (Å²) in [7, 11) is 6.24. The first-order chi connectivity index (χ1) is 11.1. The summed E-state index contributed by atoms with van der Waals surface area (Å²) in [4.78, 5) is 4.43. The standard InChI is InChI=1S/C18H23N5/c1-21(2)15-7-5-14(6-8-15)18-16-13-22(3)12-9-17(16)23(20-18)11-4-10-19/h5-8H,4,9,11-13H2,1-3H3. The van der Waals surface area contributed by atoms with Crippen LogP contribution in [0.15, 0.2) is 24.3 Å². The molecular formula is C18H23N5. The Morgan fingerprint density at radius 1 is 1.26 bits per heavy atom. The third-order valence-electron chi connectivity index (χ3n) is 4.42. The number of aromatic nitrogens is 2. The van der Waals surface area contributed by atoms with Crippen LogP contribution in [0.3, 0.4) is 0 Å². The van der Waals surface area contributed by atoms with Gasteiger partial charge in [-0.3, -0.25) is 4.68 Å². The highest BCUT2D eigenvalue weighted by molar-refractivity contribution is 5.67. The number of hydrogen-bond donors (Lipinski definition) is 0. The molecule has 0 unspecified atom stereocenters.